The van der Waals surface area contributed by atoms with E-state index in [1.165, 1.54) is 6.07 Å². The lowest BCUT2D eigenvalue weighted by atomic mass is 10.2. The second kappa shape index (κ2) is 5.81. The molecule has 1 N–H and O–H groups in total. The van der Waals surface area contributed by atoms with Gasteiger partial charge in [-0.2, -0.15) is 0 Å². The van der Waals surface area contributed by atoms with Crippen LogP contribution in [0, 0.1) is 10.1 Å². The third-order valence-corrected chi connectivity index (χ3v) is 4.33. The van der Waals surface area contributed by atoms with E-state index in [1.807, 2.05) is 0 Å². The first-order valence-corrected chi connectivity index (χ1v) is 7.38. The molecule has 0 aliphatic carbocycles. The Balaban J connectivity index is 2.82. The second-order valence-electron chi connectivity index (χ2n) is 4.02. The van der Waals surface area contributed by atoms with Gasteiger partial charge in [-0.1, -0.05) is 19.1 Å². The van der Waals surface area contributed by atoms with Crippen LogP contribution >= 0.6 is 0 Å². The Morgan fingerprint density at radius 1 is 1.39 bits per heavy atom. The van der Waals surface area contributed by atoms with Crippen LogP contribution in [0.3, 0.4) is 0 Å². The van der Waals surface area contributed by atoms with E-state index in [1.54, 1.807) is 32.0 Å². The zero-order valence-corrected chi connectivity index (χ0v) is 11.1. The summed E-state index contributed by atoms with van der Waals surface area (Å²) in [5.41, 5.74) is 0.277. The van der Waals surface area contributed by atoms with Gasteiger partial charge in [0, 0.05) is 17.9 Å². The van der Waals surface area contributed by atoms with Crippen molar-refractivity contribution >= 4 is 21.2 Å². The summed E-state index contributed by atoms with van der Waals surface area (Å²) >= 11 is 0. The normalized spacial score (nSPS) is 13.0. The van der Waals surface area contributed by atoms with Crippen molar-refractivity contribution in [2.45, 2.75) is 19.9 Å². The molecule has 1 aromatic carbocycles. The Labute approximate surface area is 106 Å². The van der Waals surface area contributed by atoms with Crippen LogP contribution in [-0.4, -0.2) is 30.9 Å². The van der Waals surface area contributed by atoms with Crippen molar-refractivity contribution in [3.05, 3.63) is 34.4 Å². The molecule has 0 saturated heterocycles. The fourth-order valence-corrected chi connectivity index (χ4v) is 2.64. The molecule has 0 aliphatic rings. The lowest BCUT2D eigenvalue weighted by molar-refractivity contribution is -0.384. The van der Waals surface area contributed by atoms with Gasteiger partial charge in [-0.05, 0) is 13.0 Å². The summed E-state index contributed by atoms with van der Waals surface area (Å²) in [6, 6.07) is 5.79. The largest absolute Gasteiger partial charge is 0.376 e. The van der Waals surface area contributed by atoms with Gasteiger partial charge >= 0.3 is 0 Å². The van der Waals surface area contributed by atoms with E-state index in [0.29, 0.717) is 5.69 Å². The van der Waals surface area contributed by atoms with Gasteiger partial charge in [-0.25, -0.2) is 8.42 Å². The van der Waals surface area contributed by atoms with Crippen LogP contribution in [-0.2, 0) is 9.84 Å². The van der Waals surface area contributed by atoms with E-state index in [9.17, 15) is 18.5 Å². The molecular formula is C11H16N2O4S. The molecule has 0 radical (unpaired) electrons. The van der Waals surface area contributed by atoms with Crippen LogP contribution in [0.5, 0.6) is 0 Å². The van der Waals surface area contributed by atoms with E-state index in [2.05, 4.69) is 5.32 Å². The highest BCUT2D eigenvalue weighted by molar-refractivity contribution is 7.91. The molecule has 0 spiro atoms. The minimum atomic E-state index is -3.10. The molecule has 1 aromatic rings. The highest BCUT2D eigenvalue weighted by Crippen LogP contribution is 2.23. The third-order valence-electron chi connectivity index (χ3n) is 2.45. The second-order valence-corrected chi connectivity index (χ2v) is 6.42. The summed E-state index contributed by atoms with van der Waals surface area (Å²) < 4.78 is 22.9. The Bertz CT molecular complexity index is 528. The van der Waals surface area contributed by atoms with Gasteiger partial charge < -0.3 is 5.32 Å². The summed E-state index contributed by atoms with van der Waals surface area (Å²) in [6.45, 7) is 3.26. The molecule has 0 bridgehead atoms. The molecule has 1 atom stereocenters. The average Bonchev–Trinajstić information content (AvgIpc) is 2.28. The zero-order chi connectivity index (χ0) is 13.8. The van der Waals surface area contributed by atoms with Crippen molar-refractivity contribution < 1.29 is 13.3 Å². The number of nitrogens with zero attached hydrogens (tertiary/aromatic N) is 1. The number of anilines is 1. The van der Waals surface area contributed by atoms with Crippen LogP contribution in [0.4, 0.5) is 11.4 Å². The van der Waals surface area contributed by atoms with E-state index in [0.717, 1.165) is 0 Å². The fraction of sp³-hybridized carbons (Fsp3) is 0.455. The quantitative estimate of drug-likeness (QED) is 0.630. The summed E-state index contributed by atoms with van der Waals surface area (Å²) in [5, 5.41) is 13.7. The SMILES string of the molecule is CCS(=O)(=O)C[C@H](C)Nc1ccccc1[N+](=O)[O-]. The molecule has 0 aromatic heterocycles. The predicted molar refractivity (Wildman–Crippen MR) is 70.5 cm³/mol. The smallest absolute Gasteiger partial charge is 0.292 e. The molecule has 100 valence electrons. The molecule has 0 amide bonds. The number of benzene rings is 1. The highest BCUT2D eigenvalue weighted by atomic mass is 32.2. The number of hydrogen-bond acceptors (Lipinski definition) is 5. The molecule has 0 unspecified atom stereocenters. The van der Waals surface area contributed by atoms with Gasteiger partial charge in [0.05, 0.1) is 10.7 Å². The van der Waals surface area contributed by atoms with Crippen molar-refractivity contribution in [1.82, 2.24) is 0 Å². The molecule has 0 heterocycles. The Morgan fingerprint density at radius 2 is 2.00 bits per heavy atom. The van der Waals surface area contributed by atoms with E-state index in [4.69, 9.17) is 0 Å². The molecule has 7 heteroatoms. The Kier molecular flexibility index (Phi) is 4.66. The summed E-state index contributed by atoms with van der Waals surface area (Å²) in [6.07, 6.45) is 0. The van der Waals surface area contributed by atoms with Crippen molar-refractivity contribution in [2.75, 3.05) is 16.8 Å². The van der Waals surface area contributed by atoms with Crippen molar-refractivity contribution in [3.8, 4) is 0 Å². The minimum Gasteiger partial charge on any atom is -0.376 e. The van der Waals surface area contributed by atoms with Gasteiger partial charge in [0.25, 0.3) is 5.69 Å². The first-order chi connectivity index (χ1) is 8.35. The lowest BCUT2D eigenvalue weighted by Crippen LogP contribution is -2.27. The molecule has 6 nitrogen and oxygen atoms in total. The number of nitrogens with one attached hydrogen (secondary N) is 1. The summed E-state index contributed by atoms with van der Waals surface area (Å²) in [4.78, 5) is 10.3. The number of nitro groups is 1. The van der Waals surface area contributed by atoms with Gasteiger partial charge in [-0.3, -0.25) is 10.1 Å². The Morgan fingerprint density at radius 3 is 2.56 bits per heavy atom. The first kappa shape index (κ1) is 14.4. The molecular weight excluding hydrogens is 256 g/mol. The van der Waals surface area contributed by atoms with E-state index in [-0.39, 0.29) is 23.2 Å². The molecule has 1 rings (SSSR count). The predicted octanol–water partition coefficient (Wildman–Crippen LogP) is 1.83. The van der Waals surface area contributed by atoms with Gasteiger partial charge in [0.2, 0.25) is 0 Å². The maximum absolute atomic E-state index is 11.4. The third kappa shape index (κ3) is 3.99. The average molecular weight is 272 g/mol. The van der Waals surface area contributed by atoms with Crippen LogP contribution < -0.4 is 5.32 Å². The number of nitro benzene ring substituents is 1. The highest BCUT2D eigenvalue weighted by Gasteiger charge is 2.17. The van der Waals surface area contributed by atoms with Crippen molar-refractivity contribution in [3.63, 3.8) is 0 Å². The maximum Gasteiger partial charge on any atom is 0.292 e. The van der Waals surface area contributed by atoms with Crippen LogP contribution in [0.25, 0.3) is 0 Å². The Hall–Kier alpha value is -1.63. The lowest BCUT2D eigenvalue weighted by Gasteiger charge is -2.14. The standard InChI is InChI=1S/C11H16N2O4S/c1-3-18(16,17)8-9(2)12-10-6-4-5-7-11(10)13(14)15/h4-7,9,12H,3,8H2,1-2H3/t9-/m0/s1. The van der Waals surface area contributed by atoms with E-state index < -0.39 is 14.8 Å². The number of rotatable bonds is 6. The van der Waals surface area contributed by atoms with Crippen LogP contribution in [0.1, 0.15) is 13.8 Å². The molecule has 0 fully saturated rings. The van der Waals surface area contributed by atoms with Gasteiger partial charge in [0.15, 0.2) is 9.84 Å². The van der Waals surface area contributed by atoms with Gasteiger partial charge in [-0.15, -0.1) is 0 Å². The fourth-order valence-electron chi connectivity index (χ4n) is 1.56. The topological polar surface area (TPSA) is 89.3 Å². The maximum atomic E-state index is 11.4. The molecule has 0 aliphatic heterocycles. The molecule has 18 heavy (non-hydrogen) atoms. The number of para-hydroxylation sites is 2. The summed E-state index contributed by atoms with van der Waals surface area (Å²) in [7, 11) is -3.10. The van der Waals surface area contributed by atoms with Crippen LogP contribution in [0.2, 0.25) is 0 Å². The number of hydrogen-bond donors (Lipinski definition) is 1. The summed E-state index contributed by atoms with van der Waals surface area (Å²) in [5.74, 6) is 0.0193. The van der Waals surface area contributed by atoms with Crippen molar-refractivity contribution in [2.24, 2.45) is 0 Å². The zero-order valence-electron chi connectivity index (χ0n) is 10.3. The first-order valence-electron chi connectivity index (χ1n) is 5.56. The van der Waals surface area contributed by atoms with Crippen molar-refractivity contribution in [1.29, 1.82) is 0 Å². The van der Waals surface area contributed by atoms with Crippen LogP contribution in [0.15, 0.2) is 24.3 Å². The minimum absolute atomic E-state index is 0.0461. The monoisotopic (exact) mass is 272 g/mol. The number of sulfone groups is 1. The molecule has 0 saturated carbocycles. The van der Waals surface area contributed by atoms with E-state index >= 15 is 0 Å². The van der Waals surface area contributed by atoms with Gasteiger partial charge in [0.1, 0.15) is 5.69 Å².